The first-order chi connectivity index (χ1) is 15.5. The molecule has 4 rings (SSSR count). The monoisotopic (exact) mass is 457 g/mol. The molecule has 2 heterocycles. The Morgan fingerprint density at radius 3 is 2.41 bits per heavy atom. The molecule has 0 unspecified atom stereocenters. The molecule has 2 aliphatic rings. The maximum absolute atomic E-state index is 13.0. The maximum atomic E-state index is 13.0. The fourth-order valence-corrected chi connectivity index (χ4v) is 5.19. The van der Waals surface area contributed by atoms with Gasteiger partial charge in [-0.25, -0.2) is 13.1 Å². The number of benzene rings is 1. The van der Waals surface area contributed by atoms with Crippen molar-refractivity contribution in [2.24, 2.45) is 0 Å². The van der Waals surface area contributed by atoms with Crippen LogP contribution in [0.2, 0.25) is 0 Å². The molecule has 2 fully saturated rings. The van der Waals surface area contributed by atoms with Gasteiger partial charge >= 0.3 is 0 Å². The largest absolute Gasteiger partial charge is 0.468 e. The van der Waals surface area contributed by atoms with E-state index in [1.165, 1.54) is 6.26 Å². The third-order valence-electron chi connectivity index (χ3n) is 6.22. The van der Waals surface area contributed by atoms with Crippen molar-refractivity contribution in [2.45, 2.75) is 56.1 Å². The molecule has 1 aliphatic heterocycles. The van der Waals surface area contributed by atoms with E-state index in [1.54, 1.807) is 48.6 Å². The van der Waals surface area contributed by atoms with E-state index in [1.807, 2.05) is 0 Å². The molecule has 1 amide bonds. The number of nitrogens with one attached hydrogen (secondary N) is 1. The van der Waals surface area contributed by atoms with Gasteiger partial charge in [0.25, 0.3) is 0 Å². The Labute approximate surface area is 190 Å². The Balaban J connectivity index is 1.36. The van der Waals surface area contributed by atoms with E-state index in [2.05, 4.69) is 21.4 Å². The number of furan rings is 1. The number of sulfonamides is 1. The van der Waals surface area contributed by atoms with Crippen molar-refractivity contribution in [3.8, 4) is 0 Å². The number of piperidine rings is 1. The van der Waals surface area contributed by atoms with E-state index < -0.39 is 10.0 Å². The maximum Gasteiger partial charge on any atom is 0.247 e. The predicted molar refractivity (Wildman–Crippen MR) is 123 cm³/mol. The van der Waals surface area contributed by atoms with Gasteiger partial charge in [-0.1, -0.05) is 19.1 Å². The number of hydrogen-bond donors (Lipinski definition) is 1. The minimum absolute atomic E-state index is 0.0549. The molecular formula is C24H31N3O4S. The Morgan fingerprint density at radius 1 is 1.12 bits per heavy atom. The first-order valence-electron chi connectivity index (χ1n) is 11.3. The molecule has 0 spiro atoms. The number of amides is 1. The van der Waals surface area contributed by atoms with E-state index >= 15 is 0 Å². The van der Waals surface area contributed by atoms with E-state index in [0.717, 1.165) is 50.9 Å². The van der Waals surface area contributed by atoms with E-state index in [9.17, 15) is 13.2 Å². The van der Waals surface area contributed by atoms with Gasteiger partial charge in [-0.3, -0.25) is 4.79 Å². The fraction of sp³-hybridized carbons (Fsp3) is 0.458. The van der Waals surface area contributed by atoms with Crippen LogP contribution in [-0.4, -0.2) is 55.8 Å². The molecular weight excluding hydrogens is 426 g/mol. The highest BCUT2D eigenvalue weighted by molar-refractivity contribution is 7.89. The fourth-order valence-electron chi connectivity index (χ4n) is 4.20. The Bertz CT molecular complexity index is 1020. The molecule has 172 valence electrons. The molecule has 0 bridgehead atoms. The molecule has 32 heavy (non-hydrogen) atoms. The summed E-state index contributed by atoms with van der Waals surface area (Å²) >= 11 is 0. The van der Waals surface area contributed by atoms with E-state index in [-0.39, 0.29) is 17.3 Å². The van der Waals surface area contributed by atoms with Crippen molar-refractivity contribution in [3.63, 3.8) is 0 Å². The summed E-state index contributed by atoms with van der Waals surface area (Å²) in [5.74, 6) is 0.603. The van der Waals surface area contributed by atoms with Gasteiger partial charge in [-0.05, 0) is 68.1 Å². The summed E-state index contributed by atoms with van der Waals surface area (Å²) < 4.78 is 32.6. The molecule has 2 aromatic rings. The highest BCUT2D eigenvalue weighted by atomic mass is 32.2. The number of carbonyl (C=O) groups is 1. The molecule has 1 aromatic carbocycles. The van der Waals surface area contributed by atoms with Crippen LogP contribution in [0.4, 0.5) is 0 Å². The highest BCUT2D eigenvalue weighted by Crippen LogP contribution is 2.32. The van der Waals surface area contributed by atoms with Gasteiger partial charge in [-0.2, -0.15) is 0 Å². The van der Waals surface area contributed by atoms with Gasteiger partial charge in [-0.15, -0.1) is 0 Å². The van der Waals surface area contributed by atoms with Crippen LogP contribution in [0, 0.1) is 0 Å². The average molecular weight is 458 g/mol. The van der Waals surface area contributed by atoms with Gasteiger partial charge in [0.05, 0.1) is 17.7 Å². The lowest BCUT2D eigenvalue weighted by atomic mass is 10.0. The minimum Gasteiger partial charge on any atom is -0.468 e. The number of rotatable bonds is 9. The molecule has 1 saturated heterocycles. The van der Waals surface area contributed by atoms with Crippen LogP contribution in [0.25, 0.3) is 6.08 Å². The quantitative estimate of drug-likeness (QED) is 0.585. The van der Waals surface area contributed by atoms with Crippen molar-refractivity contribution in [1.82, 2.24) is 14.5 Å². The second-order valence-electron chi connectivity index (χ2n) is 8.45. The molecule has 0 atom stereocenters. The van der Waals surface area contributed by atoms with Crippen molar-refractivity contribution >= 4 is 22.0 Å². The topological polar surface area (TPSA) is 82.9 Å². The third kappa shape index (κ3) is 5.68. The molecule has 7 nitrogen and oxygen atoms in total. The summed E-state index contributed by atoms with van der Waals surface area (Å²) in [5, 5.41) is 0. The Hall–Kier alpha value is -2.42. The first kappa shape index (κ1) is 22.8. The molecule has 1 aliphatic carbocycles. The normalized spacial score (nSPS) is 18.3. The standard InChI is InChI=1S/C24H31N3O4S/c1-2-26-15-13-21(14-16-26)27(20-8-9-20)24(28)12-7-19-5-10-23(11-6-19)32(29,30)25-18-22-4-3-17-31-22/h3-7,10-12,17,20-21,25H,2,8-9,13-16,18H2,1H3/b12-7+. The second-order valence-corrected chi connectivity index (χ2v) is 10.2. The zero-order chi connectivity index (χ0) is 22.6. The Kier molecular flexibility index (Phi) is 7.13. The van der Waals surface area contributed by atoms with E-state index in [4.69, 9.17) is 4.42 Å². The zero-order valence-corrected chi connectivity index (χ0v) is 19.3. The smallest absolute Gasteiger partial charge is 0.247 e. The van der Waals surface area contributed by atoms with Crippen LogP contribution in [0.15, 0.2) is 58.1 Å². The summed E-state index contributed by atoms with van der Waals surface area (Å²) in [4.78, 5) is 17.7. The van der Waals surface area contributed by atoms with Crippen LogP contribution < -0.4 is 4.72 Å². The number of carbonyl (C=O) groups excluding carboxylic acids is 1. The molecule has 8 heteroatoms. The van der Waals surface area contributed by atoms with Gasteiger partial charge in [0.15, 0.2) is 0 Å². The van der Waals surface area contributed by atoms with Crippen LogP contribution >= 0.6 is 0 Å². The SMILES string of the molecule is CCN1CCC(N(C(=O)/C=C/c2ccc(S(=O)(=O)NCc3ccco3)cc2)C2CC2)CC1. The van der Waals surface area contributed by atoms with Crippen LogP contribution in [-0.2, 0) is 21.4 Å². The van der Waals surface area contributed by atoms with Gasteiger partial charge < -0.3 is 14.2 Å². The molecule has 1 aromatic heterocycles. The van der Waals surface area contributed by atoms with Crippen molar-refractivity contribution in [2.75, 3.05) is 19.6 Å². The zero-order valence-electron chi connectivity index (χ0n) is 18.4. The van der Waals surface area contributed by atoms with Crippen molar-refractivity contribution < 1.29 is 17.6 Å². The summed E-state index contributed by atoms with van der Waals surface area (Å²) in [6.07, 6.45) is 9.14. The third-order valence-corrected chi connectivity index (χ3v) is 7.63. The van der Waals surface area contributed by atoms with E-state index in [0.29, 0.717) is 17.8 Å². The summed E-state index contributed by atoms with van der Waals surface area (Å²) in [6, 6.07) is 10.6. The first-order valence-corrected chi connectivity index (χ1v) is 12.8. The average Bonchev–Trinajstić information content (AvgIpc) is 3.50. The van der Waals surface area contributed by atoms with Gasteiger partial charge in [0.2, 0.25) is 15.9 Å². The van der Waals surface area contributed by atoms with Crippen molar-refractivity contribution in [3.05, 3.63) is 60.1 Å². The lowest BCUT2D eigenvalue weighted by Crippen LogP contribution is -2.47. The molecule has 1 N–H and O–H groups in total. The lowest BCUT2D eigenvalue weighted by molar-refractivity contribution is -0.129. The number of likely N-dealkylation sites (tertiary alicyclic amines) is 1. The van der Waals surface area contributed by atoms with Crippen LogP contribution in [0.1, 0.15) is 43.9 Å². The number of hydrogen-bond acceptors (Lipinski definition) is 5. The molecule has 0 radical (unpaired) electrons. The summed E-state index contributed by atoms with van der Waals surface area (Å²) in [6.45, 7) is 5.43. The van der Waals surface area contributed by atoms with Gasteiger partial charge in [0.1, 0.15) is 5.76 Å². The highest BCUT2D eigenvalue weighted by Gasteiger charge is 2.37. The van der Waals surface area contributed by atoms with Crippen LogP contribution in [0.3, 0.4) is 0 Å². The van der Waals surface area contributed by atoms with Gasteiger partial charge in [0, 0.05) is 31.2 Å². The second kappa shape index (κ2) is 10.0. The number of nitrogens with zero attached hydrogens (tertiary/aromatic N) is 2. The van der Waals surface area contributed by atoms with Crippen LogP contribution in [0.5, 0.6) is 0 Å². The van der Waals surface area contributed by atoms with Crippen molar-refractivity contribution in [1.29, 1.82) is 0 Å². The summed E-state index contributed by atoms with van der Waals surface area (Å²) in [5.41, 5.74) is 0.792. The predicted octanol–water partition coefficient (Wildman–Crippen LogP) is 3.25. The minimum atomic E-state index is -3.64. The lowest BCUT2D eigenvalue weighted by Gasteiger charge is -2.38. The summed E-state index contributed by atoms with van der Waals surface area (Å²) in [7, 11) is -3.64. The Morgan fingerprint density at radius 2 is 1.81 bits per heavy atom. The molecule has 1 saturated carbocycles.